The van der Waals surface area contributed by atoms with Crippen molar-refractivity contribution in [2.45, 2.75) is 13.3 Å². The van der Waals surface area contributed by atoms with Crippen molar-refractivity contribution in [2.75, 3.05) is 11.9 Å². The second-order valence-corrected chi connectivity index (χ2v) is 4.36. The number of hydrogen-bond acceptors (Lipinski definition) is 4. The van der Waals surface area contributed by atoms with Crippen molar-refractivity contribution in [3.63, 3.8) is 0 Å². The molecule has 2 heterocycles. The Bertz CT molecular complexity index is 710. The lowest BCUT2D eigenvalue weighted by Gasteiger charge is -2.04. The molecule has 0 atom stereocenters. The van der Waals surface area contributed by atoms with Gasteiger partial charge in [0, 0.05) is 25.0 Å². The molecule has 6 heteroatoms. The number of amides is 1. The van der Waals surface area contributed by atoms with Crippen molar-refractivity contribution < 1.29 is 9.90 Å². The lowest BCUT2D eigenvalue weighted by Crippen LogP contribution is -2.14. The number of hydrogen-bond donors (Lipinski definition) is 2. The van der Waals surface area contributed by atoms with Crippen molar-refractivity contribution in [1.29, 1.82) is 0 Å². The minimum atomic E-state index is -0.250. The summed E-state index contributed by atoms with van der Waals surface area (Å²) < 4.78 is 1.62. The van der Waals surface area contributed by atoms with Gasteiger partial charge in [0.1, 0.15) is 12.4 Å². The van der Waals surface area contributed by atoms with Crippen LogP contribution in [0, 0.1) is 11.8 Å². The molecule has 2 N–H and O–H groups in total. The molecule has 0 bridgehead atoms. The third kappa shape index (κ3) is 3.68. The standard InChI is InChI=1S/C15H16N4O2/c1-3-13-12(10-19(2)18-13)15(21)17-14-9-11(5-4-8-20)6-7-16-14/h6-7,9-10,20H,3,8H2,1-2H3,(H,16,17,21). The number of rotatable bonds is 3. The van der Waals surface area contributed by atoms with E-state index in [-0.39, 0.29) is 12.5 Å². The lowest BCUT2D eigenvalue weighted by atomic mass is 10.2. The molecule has 2 aromatic heterocycles. The lowest BCUT2D eigenvalue weighted by molar-refractivity contribution is 0.102. The minimum absolute atomic E-state index is 0.209. The fourth-order valence-electron chi connectivity index (χ4n) is 1.89. The molecule has 0 aliphatic rings. The van der Waals surface area contributed by atoms with Crippen molar-refractivity contribution in [2.24, 2.45) is 7.05 Å². The third-order valence-corrected chi connectivity index (χ3v) is 2.80. The number of aliphatic hydroxyl groups excluding tert-OH is 1. The van der Waals surface area contributed by atoms with Gasteiger partial charge in [-0.2, -0.15) is 5.10 Å². The zero-order chi connectivity index (χ0) is 15.2. The summed E-state index contributed by atoms with van der Waals surface area (Å²) >= 11 is 0. The number of aromatic nitrogens is 3. The molecule has 1 amide bonds. The number of nitrogens with zero attached hydrogens (tertiary/aromatic N) is 3. The quantitative estimate of drug-likeness (QED) is 0.823. The second kappa shape index (κ2) is 6.68. The van der Waals surface area contributed by atoms with Gasteiger partial charge in [0.15, 0.2) is 0 Å². The molecule has 6 nitrogen and oxygen atoms in total. The first kappa shape index (κ1) is 14.8. The average molecular weight is 284 g/mol. The molecule has 0 radical (unpaired) electrons. The second-order valence-electron chi connectivity index (χ2n) is 4.36. The number of nitrogens with one attached hydrogen (secondary N) is 1. The smallest absolute Gasteiger partial charge is 0.260 e. The van der Waals surface area contributed by atoms with Crippen molar-refractivity contribution in [3.05, 3.63) is 41.3 Å². The maximum Gasteiger partial charge on any atom is 0.260 e. The maximum atomic E-state index is 12.3. The highest BCUT2D eigenvalue weighted by molar-refractivity contribution is 6.04. The summed E-state index contributed by atoms with van der Waals surface area (Å²) in [6.45, 7) is 1.74. The van der Waals surface area contributed by atoms with Gasteiger partial charge in [0.2, 0.25) is 0 Å². The highest BCUT2D eigenvalue weighted by atomic mass is 16.2. The van der Waals surface area contributed by atoms with Crippen LogP contribution in [0.15, 0.2) is 24.5 Å². The van der Waals surface area contributed by atoms with E-state index in [0.29, 0.717) is 23.4 Å². The van der Waals surface area contributed by atoms with Crippen molar-refractivity contribution >= 4 is 11.7 Å². The number of pyridine rings is 1. The summed E-state index contributed by atoms with van der Waals surface area (Å²) in [5, 5.41) is 15.6. The van der Waals surface area contributed by atoms with Crippen LogP contribution in [0.5, 0.6) is 0 Å². The van der Waals surface area contributed by atoms with Crippen LogP contribution in [0.1, 0.15) is 28.5 Å². The van der Waals surface area contributed by atoms with Crippen LogP contribution >= 0.6 is 0 Å². The van der Waals surface area contributed by atoms with E-state index >= 15 is 0 Å². The van der Waals surface area contributed by atoms with Gasteiger partial charge in [0.05, 0.1) is 11.3 Å². The van der Waals surface area contributed by atoms with Crippen molar-refractivity contribution in [1.82, 2.24) is 14.8 Å². The van der Waals surface area contributed by atoms with Crippen LogP contribution < -0.4 is 5.32 Å². The van der Waals surface area contributed by atoms with Crippen LogP contribution in [0.25, 0.3) is 0 Å². The molecule has 0 aliphatic heterocycles. The molecule has 2 aromatic rings. The molecule has 0 aliphatic carbocycles. The summed E-state index contributed by atoms with van der Waals surface area (Å²) in [5.74, 6) is 5.48. The first-order chi connectivity index (χ1) is 10.1. The Morgan fingerprint density at radius 3 is 3.05 bits per heavy atom. The Morgan fingerprint density at radius 2 is 2.33 bits per heavy atom. The molecule has 0 spiro atoms. The van der Waals surface area contributed by atoms with E-state index in [9.17, 15) is 4.79 Å². The molecule has 0 saturated carbocycles. The number of carbonyl (C=O) groups is 1. The predicted molar refractivity (Wildman–Crippen MR) is 78.7 cm³/mol. The van der Waals surface area contributed by atoms with Gasteiger partial charge in [-0.25, -0.2) is 4.98 Å². The predicted octanol–water partition coefficient (Wildman–Crippen LogP) is 0.974. The van der Waals surface area contributed by atoms with Gasteiger partial charge in [-0.1, -0.05) is 18.8 Å². The van der Waals surface area contributed by atoms with Crippen LogP contribution in [-0.2, 0) is 13.5 Å². The van der Waals surface area contributed by atoms with Crippen LogP contribution in [-0.4, -0.2) is 32.4 Å². The molecule has 0 aromatic carbocycles. The van der Waals surface area contributed by atoms with E-state index in [1.165, 1.54) is 0 Å². The zero-order valence-corrected chi connectivity index (χ0v) is 11.9. The summed E-state index contributed by atoms with van der Waals surface area (Å²) in [6, 6.07) is 3.36. The molecule has 0 saturated heterocycles. The fraction of sp³-hybridized carbons (Fsp3) is 0.267. The minimum Gasteiger partial charge on any atom is -0.384 e. The summed E-state index contributed by atoms with van der Waals surface area (Å²) in [6.07, 6.45) is 3.92. The van der Waals surface area contributed by atoms with E-state index in [1.807, 2.05) is 6.92 Å². The number of anilines is 1. The van der Waals surface area contributed by atoms with Gasteiger partial charge in [-0.3, -0.25) is 9.48 Å². The number of aliphatic hydroxyl groups is 1. The van der Waals surface area contributed by atoms with E-state index in [2.05, 4.69) is 27.2 Å². The fourth-order valence-corrected chi connectivity index (χ4v) is 1.89. The Balaban J connectivity index is 2.19. The normalized spacial score (nSPS) is 9.86. The van der Waals surface area contributed by atoms with Gasteiger partial charge in [-0.15, -0.1) is 0 Å². The highest BCUT2D eigenvalue weighted by Gasteiger charge is 2.14. The molecular weight excluding hydrogens is 268 g/mol. The van der Waals surface area contributed by atoms with Crippen LogP contribution in [0.2, 0.25) is 0 Å². The maximum absolute atomic E-state index is 12.3. The molecule has 2 rings (SSSR count). The molecule has 21 heavy (non-hydrogen) atoms. The molecule has 0 unspecified atom stereocenters. The largest absolute Gasteiger partial charge is 0.384 e. The van der Waals surface area contributed by atoms with Gasteiger partial charge in [-0.05, 0) is 18.6 Å². The van der Waals surface area contributed by atoms with Crippen LogP contribution in [0.3, 0.4) is 0 Å². The van der Waals surface area contributed by atoms with Crippen molar-refractivity contribution in [3.8, 4) is 11.8 Å². The average Bonchev–Trinajstić information content (AvgIpc) is 2.87. The monoisotopic (exact) mass is 284 g/mol. The Morgan fingerprint density at radius 1 is 1.52 bits per heavy atom. The summed E-state index contributed by atoms with van der Waals surface area (Å²) in [7, 11) is 1.78. The first-order valence-electron chi connectivity index (χ1n) is 6.53. The number of aryl methyl sites for hydroxylation is 2. The van der Waals surface area contributed by atoms with Gasteiger partial charge in [0.25, 0.3) is 5.91 Å². The van der Waals surface area contributed by atoms with Gasteiger partial charge >= 0.3 is 0 Å². The topological polar surface area (TPSA) is 80.0 Å². The van der Waals surface area contributed by atoms with Gasteiger partial charge < -0.3 is 10.4 Å². The highest BCUT2D eigenvalue weighted by Crippen LogP contribution is 2.11. The van der Waals surface area contributed by atoms with E-state index in [1.54, 1.807) is 36.3 Å². The Kier molecular flexibility index (Phi) is 4.69. The molecule has 108 valence electrons. The SMILES string of the molecule is CCc1nn(C)cc1C(=O)Nc1cc(C#CCO)ccn1. The third-order valence-electron chi connectivity index (χ3n) is 2.80. The molecular formula is C15H16N4O2. The first-order valence-corrected chi connectivity index (χ1v) is 6.53. The summed E-state index contributed by atoms with van der Waals surface area (Å²) in [5.41, 5.74) is 1.95. The Labute approximate surface area is 122 Å². The molecule has 0 fully saturated rings. The number of carbonyl (C=O) groups excluding carboxylic acids is 1. The van der Waals surface area contributed by atoms with Crippen LogP contribution in [0.4, 0.5) is 5.82 Å². The zero-order valence-electron chi connectivity index (χ0n) is 11.9. The summed E-state index contributed by atoms with van der Waals surface area (Å²) in [4.78, 5) is 16.3. The van der Waals surface area contributed by atoms with E-state index in [0.717, 1.165) is 5.69 Å². The Hall–Kier alpha value is -2.65. The van der Waals surface area contributed by atoms with E-state index in [4.69, 9.17) is 5.11 Å². The van der Waals surface area contributed by atoms with E-state index < -0.39 is 0 Å².